The maximum atomic E-state index is 14.5. The summed E-state index contributed by atoms with van der Waals surface area (Å²) in [5.74, 6) is -0.174. The number of likely N-dealkylation sites (tertiary alicyclic amines) is 1. The molecule has 0 saturated carbocycles. The number of nitrogens with zero attached hydrogens (tertiary/aromatic N) is 2. The van der Waals surface area contributed by atoms with Gasteiger partial charge in [0.25, 0.3) is 0 Å². The Kier molecular flexibility index (Phi) is 9.68. The van der Waals surface area contributed by atoms with Crippen LogP contribution in [0, 0.1) is 12.7 Å². The molecule has 0 bridgehead atoms. The van der Waals surface area contributed by atoms with E-state index in [1.165, 1.54) is 31.0 Å². The second kappa shape index (κ2) is 11.2. The lowest BCUT2D eigenvalue weighted by Crippen LogP contribution is -2.29. The van der Waals surface area contributed by atoms with Gasteiger partial charge in [0.1, 0.15) is 5.82 Å². The molecule has 28 heavy (non-hydrogen) atoms. The lowest BCUT2D eigenvalue weighted by molar-refractivity contribution is 0.284. The summed E-state index contributed by atoms with van der Waals surface area (Å²) >= 11 is 0. The van der Waals surface area contributed by atoms with Gasteiger partial charge in [-0.2, -0.15) is 0 Å². The molecule has 0 aromatic heterocycles. The van der Waals surface area contributed by atoms with Crippen LogP contribution >= 0.6 is 12.4 Å². The van der Waals surface area contributed by atoms with E-state index in [1.54, 1.807) is 6.07 Å². The highest BCUT2D eigenvalue weighted by atomic mass is 35.5. The minimum absolute atomic E-state index is 0. The van der Waals surface area contributed by atoms with Crippen LogP contribution in [0.25, 0.3) is 5.57 Å². The highest BCUT2D eigenvalue weighted by molar-refractivity contribution is 6.12. The van der Waals surface area contributed by atoms with Gasteiger partial charge in [-0.15, -0.1) is 12.4 Å². The molecule has 2 nitrogen and oxygen atoms in total. The van der Waals surface area contributed by atoms with Gasteiger partial charge >= 0.3 is 0 Å². The van der Waals surface area contributed by atoms with E-state index < -0.39 is 0 Å². The minimum atomic E-state index is -0.174. The van der Waals surface area contributed by atoms with Crippen molar-refractivity contribution >= 4 is 23.7 Å². The molecule has 0 unspecified atom stereocenters. The van der Waals surface area contributed by atoms with Gasteiger partial charge in [0.15, 0.2) is 0 Å². The van der Waals surface area contributed by atoms with Crippen LogP contribution in [0.5, 0.6) is 0 Å². The van der Waals surface area contributed by atoms with Crippen molar-refractivity contribution in [1.29, 1.82) is 0 Å². The van der Waals surface area contributed by atoms with Gasteiger partial charge < -0.3 is 4.90 Å². The number of hydrogen-bond acceptors (Lipinski definition) is 2. The summed E-state index contributed by atoms with van der Waals surface area (Å²) in [5.41, 5.74) is 6.64. The molecule has 4 heteroatoms. The SMILES string of the molecule is C=C(C)N=C(/C=C(\CC)c1c(C)cccc1F)/C(C)=C(\C)N1CCCCC1.Cl. The van der Waals surface area contributed by atoms with Crippen LogP contribution in [0.3, 0.4) is 0 Å². The van der Waals surface area contributed by atoms with E-state index in [1.807, 2.05) is 26.0 Å². The lowest BCUT2D eigenvalue weighted by atomic mass is 9.95. The second-order valence-corrected chi connectivity index (χ2v) is 7.45. The molecule has 154 valence electrons. The number of benzene rings is 1. The Balaban J connectivity index is 0.00000392. The maximum Gasteiger partial charge on any atom is 0.130 e. The average Bonchev–Trinajstić information content (AvgIpc) is 2.65. The Hall–Kier alpha value is -1.87. The second-order valence-electron chi connectivity index (χ2n) is 7.45. The topological polar surface area (TPSA) is 15.6 Å². The number of aryl methyl sites for hydroxylation is 1. The molecule has 2 rings (SSSR count). The molecule has 1 saturated heterocycles. The Morgan fingerprint density at radius 3 is 2.36 bits per heavy atom. The van der Waals surface area contributed by atoms with E-state index in [0.29, 0.717) is 5.56 Å². The van der Waals surface area contributed by atoms with Crippen molar-refractivity contribution in [3.63, 3.8) is 0 Å². The predicted molar refractivity (Wildman–Crippen MR) is 123 cm³/mol. The quantitative estimate of drug-likeness (QED) is 0.461. The fourth-order valence-electron chi connectivity index (χ4n) is 3.64. The fraction of sp³-hybridized carbons (Fsp3) is 0.458. The summed E-state index contributed by atoms with van der Waals surface area (Å²) in [6.07, 6.45) is 6.57. The molecule has 1 heterocycles. The molecular weight excluding hydrogens is 371 g/mol. The van der Waals surface area contributed by atoms with Gasteiger partial charge in [-0.1, -0.05) is 25.6 Å². The summed E-state index contributed by atoms with van der Waals surface area (Å²) in [7, 11) is 0. The van der Waals surface area contributed by atoms with Gasteiger partial charge in [0.2, 0.25) is 0 Å². The van der Waals surface area contributed by atoms with Crippen LogP contribution in [0.1, 0.15) is 64.5 Å². The molecule has 0 amide bonds. The Morgan fingerprint density at radius 1 is 1.18 bits per heavy atom. The van der Waals surface area contributed by atoms with Gasteiger partial charge in [-0.05, 0) is 82.2 Å². The molecule has 0 N–H and O–H groups in total. The highest BCUT2D eigenvalue weighted by Gasteiger charge is 2.16. The van der Waals surface area contributed by atoms with Crippen molar-refractivity contribution in [1.82, 2.24) is 4.90 Å². The molecule has 1 aromatic carbocycles. The first-order valence-corrected chi connectivity index (χ1v) is 9.98. The van der Waals surface area contributed by atoms with Crippen molar-refractivity contribution in [2.45, 2.75) is 60.3 Å². The summed E-state index contributed by atoms with van der Waals surface area (Å²) in [4.78, 5) is 7.15. The smallest absolute Gasteiger partial charge is 0.130 e. The zero-order valence-electron chi connectivity index (χ0n) is 17.9. The zero-order chi connectivity index (χ0) is 20.0. The van der Waals surface area contributed by atoms with Crippen molar-refractivity contribution in [3.8, 4) is 0 Å². The minimum Gasteiger partial charge on any atom is -0.375 e. The summed E-state index contributed by atoms with van der Waals surface area (Å²) < 4.78 is 14.5. The van der Waals surface area contributed by atoms with E-state index in [0.717, 1.165) is 47.6 Å². The summed E-state index contributed by atoms with van der Waals surface area (Å²) in [6, 6.07) is 5.25. The maximum absolute atomic E-state index is 14.5. The third-order valence-corrected chi connectivity index (χ3v) is 5.30. The fourth-order valence-corrected chi connectivity index (χ4v) is 3.64. The lowest BCUT2D eigenvalue weighted by Gasteiger charge is -2.31. The standard InChI is InChI=1S/C24H33FN2.ClH/c1-7-21(24-18(4)12-11-13-22(24)25)16-23(26-17(2)3)19(5)20(6)27-14-9-8-10-15-27;/h11-13,16H,2,7-10,14-15H2,1,3-6H3;1H/b20-19+,21-16+,26-23?;. The van der Waals surface area contributed by atoms with Crippen LogP contribution in [-0.4, -0.2) is 23.7 Å². The molecule has 1 aliphatic heterocycles. The van der Waals surface area contributed by atoms with E-state index in [4.69, 9.17) is 4.99 Å². The van der Waals surface area contributed by atoms with Crippen LogP contribution in [-0.2, 0) is 0 Å². The first kappa shape index (κ1) is 24.2. The monoisotopic (exact) mass is 404 g/mol. The van der Waals surface area contributed by atoms with E-state index >= 15 is 0 Å². The number of halogens is 2. The van der Waals surface area contributed by atoms with Gasteiger partial charge in [-0.3, -0.25) is 4.99 Å². The molecule has 0 spiro atoms. The van der Waals surface area contributed by atoms with Crippen LogP contribution < -0.4 is 0 Å². The van der Waals surface area contributed by atoms with Crippen LogP contribution in [0.15, 0.2) is 52.8 Å². The number of rotatable bonds is 6. The zero-order valence-corrected chi connectivity index (χ0v) is 18.8. The van der Waals surface area contributed by atoms with Gasteiger partial charge in [0.05, 0.1) is 5.71 Å². The van der Waals surface area contributed by atoms with Crippen LogP contribution in [0.2, 0.25) is 0 Å². The molecule has 0 atom stereocenters. The first-order chi connectivity index (χ1) is 12.8. The average molecular weight is 405 g/mol. The van der Waals surface area contributed by atoms with Gasteiger partial charge in [0, 0.05) is 30.0 Å². The Bertz CT molecular complexity index is 764. The van der Waals surface area contributed by atoms with E-state index in [2.05, 4.69) is 32.3 Å². The molecule has 0 radical (unpaired) electrons. The van der Waals surface area contributed by atoms with E-state index in [-0.39, 0.29) is 18.2 Å². The van der Waals surface area contributed by atoms with Crippen molar-refractivity contribution in [2.75, 3.05) is 13.1 Å². The first-order valence-electron chi connectivity index (χ1n) is 9.98. The van der Waals surface area contributed by atoms with Crippen LogP contribution in [0.4, 0.5) is 4.39 Å². The third kappa shape index (κ3) is 6.07. The highest BCUT2D eigenvalue weighted by Crippen LogP contribution is 2.27. The number of aliphatic imine (C=N–C) groups is 1. The van der Waals surface area contributed by atoms with E-state index in [9.17, 15) is 4.39 Å². The molecule has 1 fully saturated rings. The number of piperidine rings is 1. The Labute approximate surface area is 176 Å². The van der Waals surface area contributed by atoms with Crippen molar-refractivity contribution < 1.29 is 4.39 Å². The largest absolute Gasteiger partial charge is 0.375 e. The molecule has 1 aromatic rings. The molecule has 1 aliphatic rings. The van der Waals surface area contributed by atoms with Crippen molar-refractivity contribution in [2.24, 2.45) is 4.99 Å². The predicted octanol–water partition coefficient (Wildman–Crippen LogP) is 7.10. The summed E-state index contributed by atoms with van der Waals surface area (Å²) in [6.45, 7) is 16.4. The third-order valence-electron chi connectivity index (χ3n) is 5.30. The number of hydrogen-bond donors (Lipinski definition) is 0. The van der Waals surface area contributed by atoms with Crippen molar-refractivity contribution in [3.05, 3.63) is 64.8 Å². The van der Waals surface area contributed by atoms with Gasteiger partial charge in [-0.25, -0.2) is 4.39 Å². The summed E-state index contributed by atoms with van der Waals surface area (Å²) in [5, 5.41) is 0. The normalized spacial score (nSPS) is 16.4. The Morgan fingerprint density at radius 2 is 1.82 bits per heavy atom. The molecular formula is C24H34ClFN2. The number of allylic oxidation sites excluding steroid dienone is 5. The molecule has 0 aliphatic carbocycles.